The number of aromatic nitrogens is 1. The molecule has 0 radical (unpaired) electrons. The van der Waals surface area contributed by atoms with Crippen LogP contribution in [0.15, 0.2) is 28.8 Å². The summed E-state index contributed by atoms with van der Waals surface area (Å²) in [4.78, 5) is 24.8. The highest BCUT2D eigenvalue weighted by Crippen LogP contribution is 2.34. The molecule has 2 aromatic rings. The molecule has 0 atom stereocenters. The molecule has 0 unspecified atom stereocenters. The number of carbonyl (C=O) groups is 2. The number of fused-ring (bicyclic) bond motifs is 1. The van der Waals surface area contributed by atoms with Gasteiger partial charge in [0.1, 0.15) is 11.2 Å². The standard InChI is InChI=1S/C16H17N3O5/c1-9-6-13(19-24-9)18-15(21)16(2,3)14(20)17-10-4-5-11-12(7-10)23-8-22-11/h4-7H,8H2,1-3H3,(H,17,20)(H,18,19,21). The first-order valence-electron chi connectivity index (χ1n) is 7.32. The lowest BCUT2D eigenvalue weighted by atomic mass is 9.91. The van der Waals surface area contributed by atoms with Crippen molar-refractivity contribution in [2.24, 2.45) is 5.41 Å². The minimum absolute atomic E-state index is 0.151. The zero-order valence-electron chi connectivity index (χ0n) is 13.5. The predicted octanol–water partition coefficient (Wildman–Crippen LogP) is 2.32. The van der Waals surface area contributed by atoms with Crippen LogP contribution in [-0.2, 0) is 9.59 Å². The maximum absolute atomic E-state index is 12.5. The first-order valence-corrected chi connectivity index (χ1v) is 7.32. The zero-order chi connectivity index (χ0) is 17.3. The SMILES string of the molecule is Cc1cc(NC(=O)C(C)(C)C(=O)Nc2ccc3c(c2)OCO3)no1. The first kappa shape index (κ1) is 15.9. The van der Waals surface area contributed by atoms with Gasteiger partial charge in [0.15, 0.2) is 17.3 Å². The van der Waals surface area contributed by atoms with Crippen LogP contribution in [0.5, 0.6) is 11.5 Å². The normalized spacial score (nSPS) is 12.8. The van der Waals surface area contributed by atoms with Crippen LogP contribution >= 0.6 is 0 Å². The van der Waals surface area contributed by atoms with Crippen LogP contribution in [0.2, 0.25) is 0 Å². The lowest BCUT2D eigenvalue weighted by Gasteiger charge is -2.22. The van der Waals surface area contributed by atoms with Gasteiger partial charge < -0.3 is 24.6 Å². The highest BCUT2D eigenvalue weighted by atomic mass is 16.7. The zero-order valence-corrected chi connectivity index (χ0v) is 13.5. The van der Waals surface area contributed by atoms with E-state index in [1.165, 1.54) is 13.8 Å². The summed E-state index contributed by atoms with van der Waals surface area (Å²) in [6.07, 6.45) is 0. The average molecular weight is 331 g/mol. The van der Waals surface area contributed by atoms with Crippen molar-refractivity contribution in [2.75, 3.05) is 17.4 Å². The maximum atomic E-state index is 12.5. The fourth-order valence-corrected chi connectivity index (χ4v) is 2.06. The van der Waals surface area contributed by atoms with Gasteiger partial charge in [0.25, 0.3) is 0 Å². The topological polar surface area (TPSA) is 103 Å². The number of aryl methyl sites for hydroxylation is 1. The van der Waals surface area contributed by atoms with E-state index in [1.807, 2.05) is 0 Å². The van der Waals surface area contributed by atoms with Gasteiger partial charge in [0.05, 0.1) is 0 Å². The molecule has 2 N–H and O–H groups in total. The Morgan fingerprint density at radius 2 is 1.79 bits per heavy atom. The summed E-state index contributed by atoms with van der Waals surface area (Å²) in [7, 11) is 0. The lowest BCUT2D eigenvalue weighted by Crippen LogP contribution is -2.41. The Hall–Kier alpha value is -3.03. The second-order valence-corrected chi connectivity index (χ2v) is 5.92. The van der Waals surface area contributed by atoms with Crippen LogP contribution in [0.4, 0.5) is 11.5 Å². The van der Waals surface area contributed by atoms with Gasteiger partial charge in [0.2, 0.25) is 18.6 Å². The molecule has 24 heavy (non-hydrogen) atoms. The number of hydrogen-bond donors (Lipinski definition) is 2. The van der Waals surface area contributed by atoms with E-state index >= 15 is 0 Å². The number of amides is 2. The molecule has 2 heterocycles. The van der Waals surface area contributed by atoms with Crippen molar-refractivity contribution in [1.82, 2.24) is 5.16 Å². The molecule has 2 amide bonds. The molecule has 0 saturated heterocycles. The van der Waals surface area contributed by atoms with Crippen molar-refractivity contribution in [3.63, 3.8) is 0 Å². The van der Waals surface area contributed by atoms with E-state index in [0.29, 0.717) is 22.9 Å². The Bertz CT molecular complexity index is 797. The van der Waals surface area contributed by atoms with E-state index in [2.05, 4.69) is 15.8 Å². The summed E-state index contributed by atoms with van der Waals surface area (Å²) in [5, 5.41) is 8.95. The van der Waals surface area contributed by atoms with Gasteiger partial charge >= 0.3 is 0 Å². The summed E-state index contributed by atoms with van der Waals surface area (Å²) >= 11 is 0. The quantitative estimate of drug-likeness (QED) is 0.834. The fourth-order valence-electron chi connectivity index (χ4n) is 2.06. The Kier molecular flexibility index (Phi) is 3.88. The molecule has 8 nitrogen and oxygen atoms in total. The summed E-state index contributed by atoms with van der Waals surface area (Å²) in [5.74, 6) is 1.04. The Balaban J connectivity index is 1.69. The Labute approximate surface area is 138 Å². The Morgan fingerprint density at radius 3 is 2.50 bits per heavy atom. The van der Waals surface area contributed by atoms with Crippen molar-refractivity contribution < 1.29 is 23.6 Å². The maximum Gasteiger partial charge on any atom is 0.240 e. The van der Waals surface area contributed by atoms with Gasteiger partial charge in [-0.05, 0) is 32.9 Å². The molecular formula is C16H17N3O5. The summed E-state index contributed by atoms with van der Waals surface area (Å²) < 4.78 is 15.4. The molecule has 0 aliphatic carbocycles. The number of anilines is 2. The molecule has 0 bridgehead atoms. The first-order chi connectivity index (χ1) is 11.4. The monoisotopic (exact) mass is 331 g/mol. The van der Waals surface area contributed by atoms with Crippen LogP contribution in [0.3, 0.4) is 0 Å². The van der Waals surface area contributed by atoms with Crippen molar-refractivity contribution >= 4 is 23.3 Å². The second kappa shape index (κ2) is 5.88. The molecule has 1 aliphatic heterocycles. The van der Waals surface area contributed by atoms with Gasteiger partial charge in [-0.1, -0.05) is 5.16 Å². The molecule has 1 aliphatic rings. The average Bonchev–Trinajstić information content (AvgIpc) is 3.15. The predicted molar refractivity (Wildman–Crippen MR) is 84.8 cm³/mol. The molecular weight excluding hydrogens is 314 g/mol. The lowest BCUT2D eigenvalue weighted by molar-refractivity contribution is -0.135. The number of nitrogens with zero attached hydrogens (tertiary/aromatic N) is 1. The van der Waals surface area contributed by atoms with Crippen LogP contribution in [0, 0.1) is 12.3 Å². The molecule has 1 aromatic carbocycles. The summed E-state index contributed by atoms with van der Waals surface area (Å²) in [6, 6.07) is 6.60. The molecule has 1 aromatic heterocycles. The van der Waals surface area contributed by atoms with Gasteiger partial charge in [0, 0.05) is 17.8 Å². The number of carbonyl (C=O) groups excluding carboxylic acids is 2. The Morgan fingerprint density at radius 1 is 1.08 bits per heavy atom. The van der Waals surface area contributed by atoms with Crippen molar-refractivity contribution in [1.29, 1.82) is 0 Å². The minimum atomic E-state index is -1.32. The smallest absolute Gasteiger partial charge is 0.240 e. The van der Waals surface area contributed by atoms with Gasteiger partial charge in [-0.15, -0.1) is 0 Å². The third kappa shape index (κ3) is 3.03. The third-order valence-corrected chi connectivity index (χ3v) is 3.64. The van der Waals surface area contributed by atoms with Crippen LogP contribution in [0.25, 0.3) is 0 Å². The largest absolute Gasteiger partial charge is 0.454 e. The number of benzene rings is 1. The highest BCUT2D eigenvalue weighted by Gasteiger charge is 2.36. The third-order valence-electron chi connectivity index (χ3n) is 3.64. The van der Waals surface area contributed by atoms with Crippen LogP contribution in [0.1, 0.15) is 19.6 Å². The van der Waals surface area contributed by atoms with E-state index in [4.69, 9.17) is 14.0 Å². The molecule has 0 saturated carbocycles. The number of hydrogen-bond acceptors (Lipinski definition) is 6. The van der Waals surface area contributed by atoms with E-state index in [9.17, 15) is 9.59 Å². The molecule has 3 rings (SSSR count). The summed E-state index contributed by atoms with van der Waals surface area (Å²) in [5.41, 5.74) is -0.800. The minimum Gasteiger partial charge on any atom is -0.454 e. The van der Waals surface area contributed by atoms with E-state index in [-0.39, 0.29) is 12.6 Å². The van der Waals surface area contributed by atoms with E-state index in [0.717, 1.165) is 0 Å². The fraction of sp³-hybridized carbons (Fsp3) is 0.312. The van der Waals surface area contributed by atoms with Gasteiger partial charge in [-0.2, -0.15) is 0 Å². The highest BCUT2D eigenvalue weighted by molar-refractivity contribution is 6.13. The number of ether oxygens (including phenoxy) is 2. The summed E-state index contributed by atoms with van der Waals surface area (Å²) in [6.45, 7) is 4.91. The molecule has 0 spiro atoms. The second-order valence-electron chi connectivity index (χ2n) is 5.92. The molecule has 126 valence electrons. The molecule has 8 heteroatoms. The van der Waals surface area contributed by atoms with Gasteiger partial charge in [-0.25, -0.2) is 0 Å². The van der Waals surface area contributed by atoms with Crippen LogP contribution < -0.4 is 20.1 Å². The number of rotatable bonds is 4. The van der Waals surface area contributed by atoms with E-state index in [1.54, 1.807) is 31.2 Å². The molecule has 0 fully saturated rings. The van der Waals surface area contributed by atoms with E-state index < -0.39 is 17.2 Å². The number of nitrogens with one attached hydrogen (secondary N) is 2. The van der Waals surface area contributed by atoms with Crippen molar-refractivity contribution in [3.8, 4) is 11.5 Å². The van der Waals surface area contributed by atoms with Crippen molar-refractivity contribution in [3.05, 3.63) is 30.0 Å². The van der Waals surface area contributed by atoms with Gasteiger partial charge in [-0.3, -0.25) is 9.59 Å². The van der Waals surface area contributed by atoms with Crippen molar-refractivity contribution in [2.45, 2.75) is 20.8 Å². The van der Waals surface area contributed by atoms with Crippen LogP contribution in [-0.4, -0.2) is 23.8 Å².